The molecule has 0 radical (unpaired) electrons. The zero-order valence-corrected chi connectivity index (χ0v) is 16.9. The second-order valence-corrected chi connectivity index (χ2v) is 8.26. The number of nitriles is 1. The van der Waals surface area contributed by atoms with Gasteiger partial charge in [0.25, 0.3) is 5.88 Å². The molecule has 0 N–H and O–H groups in total. The molecule has 0 amide bonds. The van der Waals surface area contributed by atoms with E-state index in [1.807, 2.05) is 0 Å². The summed E-state index contributed by atoms with van der Waals surface area (Å²) < 4.78 is 65.3. The molecule has 0 fully saturated rings. The summed E-state index contributed by atoms with van der Waals surface area (Å²) in [6.07, 6.45) is 0. The average Bonchev–Trinajstić information content (AvgIpc) is 2.68. The Bertz CT molecular complexity index is 1240. The molecule has 5 nitrogen and oxygen atoms in total. The highest BCUT2D eigenvalue weighted by molar-refractivity contribution is 7.87. The number of hydrogen-bond donors (Lipinski definition) is 0. The molecule has 0 aliphatic rings. The molecule has 2 aromatic carbocycles. The molecule has 3 aromatic rings. The second kappa shape index (κ2) is 8.14. The lowest BCUT2D eigenvalue weighted by Gasteiger charge is -2.14. The van der Waals surface area contributed by atoms with Gasteiger partial charge in [0, 0.05) is 21.2 Å². The van der Waals surface area contributed by atoms with Crippen molar-refractivity contribution in [2.75, 3.05) is 0 Å². The number of hydrogen-bond acceptors (Lipinski definition) is 5. The Labute approximate surface area is 179 Å². The number of halogens is 5. The van der Waals surface area contributed by atoms with Crippen LogP contribution in [-0.2, 0) is 10.1 Å². The number of nitrogens with zero attached hydrogens (tertiary/aromatic N) is 2. The summed E-state index contributed by atoms with van der Waals surface area (Å²) in [5.41, 5.74) is -4.80. The Morgan fingerprint density at radius 3 is 1.90 bits per heavy atom. The van der Waals surface area contributed by atoms with Crippen molar-refractivity contribution in [1.29, 1.82) is 5.26 Å². The number of rotatable bonds is 4. The zero-order chi connectivity index (χ0) is 22.1. The van der Waals surface area contributed by atoms with Gasteiger partial charge in [0.05, 0.1) is 5.69 Å². The van der Waals surface area contributed by atoms with Gasteiger partial charge in [-0.05, 0) is 35.9 Å². The lowest BCUT2D eigenvalue weighted by atomic mass is 9.98. The fraction of sp³-hybridized carbons (Fsp3) is 0.0526. The largest absolute Gasteiger partial charge is 0.534 e. The summed E-state index contributed by atoms with van der Waals surface area (Å²) in [6.45, 7) is 0. The van der Waals surface area contributed by atoms with Gasteiger partial charge >= 0.3 is 15.6 Å². The van der Waals surface area contributed by atoms with Crippen LogP contribution in [-0.4, -0.2) is 18.9 Å². The van der Waals surface area contributed by atoms with E-state index in [4.69, 9.17) is 23.2 Å². The Morgan fingerprint density at radius 2 is 1.43 bits per heavy atom. The Hall–Kier alpha value is -2.80. The quantitative estimate of drug-likeness (QED) is 0.352. The highest BCUT2D eigenvalue weighted by Gasteiger charge is 2.49. The SMILES string of the molecule is N#Cc1cc(-c2ccc(Cl)cc2)c(-c2ccc(Cl)cc2)nc1OS(=O)(=O)C(F)(F)F. The number of benzene rings is 2. The topological polar surface area (TPSA) is 80.0 Å². The summed E-state index contributed by atoms with van der Waals surface area (Å²) in [5.74, 6) is -0.988. The van der Waals surface area contributed by atoms with Crippen molar-refractivity contribution in [3.05, 3.63) is 70.2 Å². The van der Waals surface area contributed by atoms with Crippen LogP contribution in [0.5, 0.6) is 5.88 Å². The van der Waals surface area contributed by atoms with Gasteiger partial charge in [-0.2, -0.15) is 26.9 Å². The van der Waals surface area contributed by atoms with E-state index in [1.165, 1.54) is 30.3 Å². The maximum atomic E-state index is 12.8. The van der Waals surface area contributed by atoms with Gasteiger partial charge in [-0.1, -0.05) is 47.5 Å². The van der Waals surface area contributed by atoms with E-state index in [2.05, 4.69) is 9.17 Å². The van der Waals surface area contributed by atoms with E-state index in [1.54, 1.807) is 30.3 Å². The molecule has 0 aliphatic heterocycles. The number of aromatic nitrogens is 1. The minimum Gasteiger partial charge on any atom is -0.354 e. The van der Waals surface area contributed by atoms with Crippen LogP contribution < -0.4 is 4.18 Å². The normalized spacial score (nSPS) is 11.7. The fourth-order valence-electron chi connectivity index (χ4n) is 2.47. The van der Waals surface area contributed by atoms with Crippen molar-refractivity contribution in [1.82, 2.24) is 4.98 Å². The van der Waals surface area contributed by atoms with Gasteiger partial charge < -0.3 is 4.18 Å². The minimum atomic E-state index is -6.02. The second-order valence-electron chi connectivity index (χ2n) is 5.85. The van der Waals surface area contributed by atoms with Crippen LogP contribution in [0, 0.1) is 11.3 Å². The zero-order valence-electron chi connectivity index (χ0n) is 14.6. The number of alkyl halides is 3. The van der Waals surface area contributed by atoms with E-state index < -0.39 is 27.1 Å². The van der Waals surface area contributed by atoms with Gasteiger partial charge in [-0.3, -0.25) is 0 Å². The lowest BCUT2D eigenvalue weighted by Crippen LogP contribution is -2.28. The first-order chi connectivity index (χ1) is 14.0. The van der Waals surface area contributed by atoms with E-state index in [-0.39, 0.29) is 5.69 Å². The summed E-state index contributed by atoms with van der Waals surface area (Å²) >= 11 is 11.8. The summed E-state index contributed by atoms with van der Waals surface area (Å²) in [6, 6.07) is 15.3. The van der Waals surface area contributed by atoms with E-state index in [9.17, 15) is 26.9 Å². The fourth-order valence-corrected chi connectivity index (χ4v) is 3.15. The summed E-state index contributed by atoms with van der Waals surface area (Å²) in [4.78, 5) is 3.94. The molecular weight excluding hydrogens is 464 g/mol. The molecule has 0 atom stereocenters. The minimum absolute atomic E-state index is 0.0837. The molecule has 154 valence electrons. The van der Waals surface area contributed by atoms with Crippen molar-refractivity contribution < 1.29 is 25.8 Å². The van der Waals surface area contributed by atoms with Crippen molar-refractivity contribution in [2.45, 2.75) is 5.51 Å². The van der Waals surface area contributed by atoms with Crippen LogP contribution in [0.1, 0.15) is 5.56 Å². The molecule has 1 heterocycles. The summed E-state index contributed by atoms with van der Waals surface area (Å²) in [7, 11) is -6.02. The van der Waals surface area contributed by atoms with Crippen LogP contribution in [0.4, 0.5) is 13.2 Å². The van der Waals surface area contributed by atoms with E-state index >= 15 is 0 Å². The molecule has 30 heavy (non-hydrogen) atoms. The first kappa shape index (κ1) is 21.9. The summed E-state index contributed by atoms with van der Waals surface area (Å²) in [5, 5.41) is 10.2. The van der Waals surface area contributed by atoms with E-state index in [0.29, 0.717) is 26.7 Å². The standard InChI is InChI=1S/C19H9Cl2F3N2O3S/c20-14-5-1-11(2-6-14)16-9-13(10-25)18(29-30(27,28)19(22,23)24)26-17(16)12-3-7-15(21)8-4-12/h1-9H. The van der Waals surface area contributed by atoms with Gasteiger partial charge in [0.2, 0.25) is 0 Å². The molecule has 3 rings (SSSR count). The molecule has 1 aromatic heterocycles. The van der Waals surface area contributed by atoms with Crippen LogP contribution in [0.25, 0.3) is 22.4 Å². The Morgan fingerprint density at radius 1 is 0.933 bits per heavy atom. The third-order valence-electron chi connectivity index (χ3n) is 3.85. The average molecular weight is 473 g/mol. The first-order valence-corrected chi connectivity index (χ1v) is 10.2. The van der Waals surface area contributed by atoms with Crippen molar-refractivity contribution >= 4 is 33.3 Å². The van der Waals surface area contributed by atoms with Crippen LogP contribution in [0.3, 0.4) is 0 Å². The first-order valence-electron chi connectivity index (χ1n) is 7.99. The van der Waals surface area contributed by atoms with Crippen molar-refractivity contribution in [3.8, 4) is 34.3 Å². The van der Waals surface area contributed by atoms with Crippen LogP contribution >= 0.6 is 23.2 Å². The highest BCUT2D eigenvalue weighted by Crippen LogP contribution is 2.37. The van der Waals surface area contributed by atoms with Gasteiger partial charge in [-0.25, -0.2) is 4.98 Å². The predicted molar refractivity (Wildman–Crippen MR) is 105 cm³/mol. The molecular formula is C19H9Cl2F3N2O3S. The molecule has 0 aliphatic carbocycles. The predicted octanol–water partition coefficient (Wildman–Crippen LogP) is 5.82. The molecule has 0 bridgehead atoms. The van der Waals surface area contributed by atoms with Crippen LogP contribution in [0.15, 0.2) is 54.6 Å². The Kier molecular flexibility index (Phi) is 5.94. The van der Waals surface area contributed by atoms with Gasteiger partial charge in [0.15, 0.2) is 0 Å². The van der Waals surface area contributed by atoms with E-state index in [0.717, 1.165) is 0 Å². The van der Waals surface area contributed by atoms with Gasteiger partial charge in [-0.15, -0.1) is 0 Å². The Balaban J connectivity index is 2.26. The lowest BCUT2D eigenvalue weighted by molar-refractivity contribution is -0.0501. The highest BCUT2D eigenvalue weighted by atomic mass is 35.5. The molecule has 11 heteroatoms. The maximum absolute atomic E-state index is 12.8. The maximum Gasteiger partial charge on any atom is 0.534 e. The number of pyridine rings is 1. The third kappa shape index (κ3) is 4.51. The van der Waals surface area contributed by atoms with Gasteiger partial charge in [0.1, 0.15) is 11.6 Å². The molecule has 0 spiro atoms. The van der Waals surface area contributed by atoms with Crippen LogP contribution in [0.2, 0.25) is 10.0 Å². The smallest absolute Gasteiger partial charge is 0.354 e. The third-order valence-corrected chi connectivity index (χ3v) is 5.30. The van der Waals surface area contributed by atoms with Crippen molar-refractivity contribution in [2.24, 2.45) is 0 Å². The van der Waals surface area contributed by atoms with Crippen molar-refractivity contribution in [3.63, 3.8) is 0 Å². The monoisotopic (exact) mass is 472 g/mol. The molecule has 0 unspecified atom stereocenters. The molecule has 0 saturated heterocycles. The molecule has 0 saturated carbocycles.